The minimum atomic E-state index is -0.583. The smallest absolute Gasteiger partial charge is 0.360 e. The van der Waals surface area contributed by atoms with Crippen LogP contribution in [0.1, 0.15) is 45.6 Å². The molecule has 3 aromatic heterocycles. The second-order valence-electron chi connectivity index (χ2n) is 9.04. The summed E-state index contributed by atoms with van der Waals surface area (Å²) in [6.45, 7) is 0.0160. The Hall–Kier alpha value is -4.99. The number of carbonyl (C=O) groups excluding carboxylic acids is 2. The van der Waals surface area contributed by atoms with Gasteiger partial charge in [0.25, 0.3) is 5.91 Å². The first kappa shape index (κ1) is 23.4. The van der Waals surface area contributed by atoms with Gasteiger partial charge in [-0.05, 0) is 18.9 Å². The van der Waals surface area contributed by atoms with Crippen molar-refractivity contribution in [2.45, 2.75) is 31.5 Å². The fourth-order valence-corrected chi connectivity index (χ4v) is 4.28. The molecule has 0 bridgehead atoms. The van der Waals surface area contributed by atoms with Gasteiger partial charge in [-0.15, -0.1) is 0 Å². The van der Waals surface area contributed by atoms with Gasteiger partial charge < -0.3 is 19.1 Å². The van der Waals surface area contributed by atoms with E-state index in [4.69, 9.17) is 13.8 Å². The van der Waals surface area contributed by atoms with Gasteiger partial charge >= 0.3 is 5.97 Å². The number of aromatic nitrogens is 4. The molecular formula is C28H23N5O5. The summed E-state index contributed by atoms with van der Waals surface area (Å²) in [4.78, 5) is 25.0. The molecule has 1 amide bonds. The van der Waals surface area contributed by atoms with E-state index in [9.17, 15) is 9.59 Å². The summed E-state index contributed by atoms with van der Waals surface area (Å²) in [6.07, 6.45) is 3.31. The van der Waals surface area contributed by atoms with Gasteiger partial charge in [0.1, 0.15) is 6.61 Å². The van der Waals surface area contributed by atoms with Gasteiger partial charge in [-0.2, -0.15) is 5.10 Å². The zero-order valence-electron chi connectivity index (χ0n) is 20.2. The maximum Gasteiger partial charge on any atom is 0.360 e. The molecule has 1 N–H and O–H groups in total. The largest absolute Gasteiger partial charge is 0.454 e. The van der Waals surface area contributed by atoms with Crippen molar-refractivity contribution in [1.82, 2.24) is 25.4 Å². The zero-order valence-corrected chi connectivity index (χ0v) is 20.2. The molecule has 1 saturated carbocycles. The van der Waals surface area contributed by atoms with Crippen LogP contribution in [0.5, 0.6) is 0 Å². The van der Waals surface area contributed by atoms with Crippen molar-refractivity contribution in [2.75, 3.05) is 0 Å². The SMILES string of the molecule is O=C(NC1CC(n2ccc(COC(=O)c3cc(-c4ccccc4)on3)n2)C1)c1cc(-c2ccccc2)on1. The maximum atomic E-state index is 12.6. The molecule has 0 spiro atoms. The van der Waals surface area contributed by atoms with E-state index < -0.39 is 5.97 Å². The number of amides is 1. The molecular weight excluding hydrogens is 486 g/mol. The molecule has 0 unspecified atom stereocenters. The number of hydrogen-bond donors (Lipinski definition) is 1. The van der Waals surface area contributed by atoms with Crippen LogP contribution < -0.4 is 5.32 Å². The minimum Gasteiger partial charge on any atom is -0.454 e. The topological polar surface area (TPSA) is 125 Å². The first-order valence-corrected chi connectivity index (χ1v) is 12.2. The number of hydrogen-bond acceptors (Lipinski definition) is 8. The molecule has 190 valence electrons. The Labute approximate surface area is 217 Å². The molecule has 0 atom stereocenters. The quantitative estimate of drug-likeness (QED) is 0.299. The molecule has 1 fully saturated rings. The number of carbonyl (C=O) groups is 2. The van der Waals surface area contributed by atoms with Crippen LogP contribution >= 0.6 is 0 Å². The predicted molar refractivity (Wildman–Crippen MR) is 135 cm³/mol. The fraction of sp³-hybridized carbons (Fsp3) is 0.179. The third-order valence-electron chi connectivity index (χ3n) is 6.42. The standard InChI is InChI=1S/C28H23N5O5/c34-27(23-15-25(37-31-23)18-7-3-1-4-8-18)29-21-13-22(14-21)33-12-11-20(30-33)17-36-28(35)24-16-26(38-32-24)19-9-5-2-6-10-19/h1-12,15-16,21-22H,13-14,17H2,(H,29,34). The van der Waals surface area contributed by atoms with Crippen LogP contribution in [-0.2, 0) is 11.3 Å². The Morgan fingerprint density at radius 2 is 1.47 bits per heavy atom. The predicted octanol–water partition coefficient (Wildman–Crippen LogP) is 4.68. The molecule has 38 heavy (non-hydrogen) atoms. The lowest BCUT2D eigenvalue weighted by atomic mass is 9.87. The highest BCUT2D eigenvalue weighted by molar-refractivity contribution is 5.93. The van der Waals surface area contributed by atoms with Gasteiger partial charge in [-0.1, -0.05) is 71.0 Å². The number of benzene rings is 2. The Morgan fingerprint density at radius 1 is 0.868 bits per heavy atom. The van der Waals surface area contributed by atoms with E-state index in [1.54, 1.807) is 18.2 Å². The van der Waals surface area contributed by atoms with Crippen LogP contribution in [0.15, 0.2) is 94.1 Å². The third kappa shape index (κ3) is 4.96. The van der Waals surface area contributed by atoms with Gasteiger partial charge in [-0.3, -0.25) is 9.48 Å². The van der Waals surface area contributed by atoms with Gasteiger partial charge in [-0.25, -0.2) is 4.79 Å². The van der Waals surface area contributed by atoms with E-state index in [0.29, 0.717) is 17.2 Å². The molecule has 10 heteroatoms. The highest BCUT2D eigenvalue weighted by atomic mass is 16.5. The van der Waals surface area contributed by atoms with E-state index in [1.807, 2.05) is 71.5 Å². The Morgan fingerprint density at radius 3 is 2.13 bits per heavy atom. The normalized spacial score (nSPS) is 16.5. The molecule has 1 aliphatic rings. The van der Waals surface area contributed by atoms with Crippen molar-refractivity contribution in [3.63, 3.8) is 0 Å². The van der Waals surface area contributed by atoms with Crippen LogP contribution in [0.4, 0.5) is 0 Å². The van der Waals surface area contributed by atoms with Gasteiger partial charge in [0.15, 0.2) is 22.9 Å². The summed E-state index contributed by atoms with van der Waals surface area (Å²) in [5.74, 6) is 0.191. The number of nitrogens with zero attached hydrogens (tertiary/aromatic N) is 4. The van der Waals surface area contributed by atoms with Gasteiger partial charge in [0.05, 0.1) is 11.7 Å². The van der Waals surface area contributed by atoms with Crippen LogP contribution in [-0.4, -0.2) is 38.0 Å². The van der Waals surface area contributed by atoms with Crippen molar-refractivity contribution >= 4 is 11.9 Å². The summed E-state index contributed by atoms with van der Waals surface area (Å²) < 4.78 is 17.8. The Kier molecular flexibility index (Phi) is 6.27. The first-order valence-electron chi connectivity index (χ1n) is 12.2. The lowest BCUT2D eigenvalue weighted by molar-refractivity contribution is 0.0454. The molecule has 5 aromatic rings. The maximum absolute atomic E-state index is 12.6. The number of ether oxygens (including phenoxy) is 1. The molecule has 1 aliphatic carbocycles. The molecule has 0 saturated heterocycles. The molecule has 0 radical (unpaired) electrons. The Balaban J connectivity index is 0.973. The average Bonchev–Trinajstić information content (AvgIpc) is 3.71. The van der Waals surface area contributed by atoms with E-state index in [2.05, 4.69) is 20.7 Å². The van der Waals surface area contributed by atoms with Crippen LogP contribution in [0, 0.1) is 0 Å². The number of esters is 1. The monoisotopic (exact) mass is 509 g/mol. The number of nitrogens with one attached hydrogen (secondary N) is 1. The fourth-order valence-electron chi connectivity index (χ4n) is 4.28. The highest BCUT2D eigenvalue weighted by Crippen LogP contribution is 2.32. The molecule has 2 aromatic carbocycles. The number of rotatable bonds is 8. The first-order chi connectivity index (χ1) is 18.6. The molecule has 10 nitrogen and oxygen atoms in total. The van der Waals surface area contributed by atoms with E-state index >= 15 is 0 Å². The van der Waals surface area contributed by atoms with E-state index in [-0.39, 0.29) is 36.0 Å². The van der Waals surface area contributed by atoms with E-state index in [1.165, 1.54) is 0 Å². The molecule has 3 heterocycles. The second kappa shape index (κ2) is 10.2. The van der Waals surface area contributed by atoms with Crippen molar-refractivity contribution in [3.05, 3.63) is 102 Å². The minimum absolute atomic E-state index is 0.0147. The summed E-state index contributed by atoms with van der Waals surface area (Å²) in [5.41, 5.74) is 2.66. The van der Waals surface area contributed by atoms with Crippen molar-refractivity contribution in [2.24, 2.45) is 0 Å². The summed E-state index contributed by atoms with van der Waals surface area (Å²) in [7, 11) is 0. The highest BCUT2D eigenvalue weighted by Gasteiger charge is 2.33. The van der Waals surface area contributed by atoms with Gasteiger partial charge in [0, 0.05) is 35.5 Å². The summed E-state index contributed by atoms with van der Waals surface area (Å²) in [5, 5.41) is 15.2. The van der Waals surface area contributed by atoms with Crippen molar-refractivity contribution in [1.29, 1.82) is 0 Å². The molecule has 6 rings (SSSR count). The zero-order chi connectivity index (χ0) is 25.9. The van der Waals surface area contributed by atoms with Crippen LogP contribution in [0.2, 0.25) is 0 Å². The molecule has 0 aliphatic heterocycles. The summed E-state index contributed by atoms with van der Waals surface area (Å²) in [6, 6.07) is 24.1. The Bertz CT molecular complexity index is 1550. The van der Waals surface area contributed by atoms with Crippen molar-refractivity contribution < 1.29 is 23.4 Å². The van der Waals surface area contributed by atoms with Crippen LogP contribution in [0.25, 0.3) is 22.6 Å². The van der Waals surface area contributed by atoms with Crippen molar-refractivity contribution in [3.8, 4) is 22.6 Å². The van der Waals surface area contributed by atoms with Crippen LogP contribution in [0.3, 0.4) is 0 Å². The summed E-state index contributed by atoms with van der Waals surface area (Å²) >= 11 is 0. The van der Waals surface area contributed by atoms with E-state index in [0.717, 1.165) is 24.0 Å². The lowest BCUT2D eigenvalue weighted by Crippen LogP contribution is -2.45. The second-order valence-corrected chi connectivity index (χ2v) is 9.04. The third-order valence-corrected chi connectivity index (χ3v) is 6.42. The van der Waals surface area contributed by atoms with Gasteiger partial charge in [0.2, 0.25) is 0 Å². The average molecular weight is 510 g/mol. The lowest BCUT2D eigenvalue weighted by Gasteiger charge is -2.35.